The van der Waals surface area contributed by atoms with Gasteiger partial charge in [-0.15, -0.1) is 0 Å². The molecule has 17 heavy (non-hydrogen) atoms. The SMILES string of the molecule is CN(C)C(=O)CCc1ccc2c(c1)CCNC2. The molecule has 1 aliphatic rings. The molecule has 2 rings (SSSR count). The number of amides is 1. The van der Waals surface area contributed by atoms with Gasteiger partial charge < -0.3 is 10.2 Å². The second-order valence-corrected chi connectivity index (χ2v) is 4.82. The highest BCUT2D eigenvalue weighted by atomic mass is 16.2. The lowest BCUT2D eigenvalue weighted by Crippen LogP contribution is -2.24. The molecule has 0 radical (unpaired) electrons. The summed E-state index contributed by atoms with van der Waals surface area (Å²) < 4.78 is 0. The van der Waals surface area contributed by atoms with E-state index in [2.05, 4.69) is 23.5 Å². The number of fused-ring (bicyclic) bond motifs is 1. The van der Waals surface area contributed by atoms with Gasteiger partial charge >= 0.3 is 0 Å². The normalized spacial score (nSPS) is 14.2. The van der Waals surface area contributed by atoms with E-state index in [0.29, 0.717) is 6.42 Å². The summed E-state index contributed by atoms with van der Waals surface area (Å²) in [5.41, 5.74) is 4.12. The summed E-state index contributed by atoms with van der Waals surface area (Å²) in [7, 11) is 3.61. The van der Waals surface area contributed by atoms with Crippen LogP contribution in [0, 0.1) is 0 Å². The standard InChI is InChI=1S/C14H20N2O/c1-16(2)14(17)6-4-11-3-5-13-10-15-8-7-12(13)9-11/h3,5,9,15H,4,6-8,10H2,1-2H3. The van der Waals surface area contributed by atoms with Gasteiger partial charge in [0, 0.05) is 27.1 Å². The molecule has 3 heteroatoms. The first kappa shape index (κ1) is 12.1. The van der Waals surface area contributed by atoms with E-state index in [0.717, 1.165) is 25.9 Å². The van der Waals surface area contributed by atoms with Gasteiger partial charge in [0.15, 0.2) is 0 Å². The summed E-state index contributed by atoms with van der Waals surface area (Å²) >= 11 is 0. The molecule has 0 fully saturated rings. The smallest absolute Gasteiger partial charge is 0.222 e. The number of aryl methyl sites for hydroxylation is 1. The number of hydrogen-bond acceptors (Lipinski definition) is 2. The molecule has 1 heterocycles. The summed E-state index contributed by atoms with van der Waals surface area (Å²) in [6.45, 7) is 2.04. The molecule has 1 aromatic rings. The van der Waals surface area contributed by atoms with Crippen LogP contribution in [0.15, 0.2) is 18.2 Å². The van der Waals surface area contributed by atoms with Gasteiger partial charge in [-0.1, -0.05) is 18.2 Å². The van der Waals surface area contributed by atoms with E-state index in [4.69, 9.17) is 0 Å². The Morgan fingerprint density at radius 1 is 1.35 bits per heavy atom. The molecular formula is C14H20N2O. The van der Waals surface area contributed by atoms with E-state index in [1.807, 2.05) is 0 Å². The van der Waals surface area contributed by atoms with Crippen molar-refractivity contribution in [3.63, 3.8) is 0 Å². The highest BCUT2D eigenvalue weighted by molar-refractivity contribution is 5.75. The summed E-state index contributed by atoms with van der Waals surface area (Å²) in [5, 5.41) is 3.36. The van der Waals surface area contributed by atoms with Crippen molar-refractivity contribution in [1.29, 1.82) is 0 Å². The van der Waals surface area contributed by atoms with Gasteiger partial charge in [-0.3, -0.25) is 4.79 Å². The van der Waals surface area contributed by atoms with Crippen LogP contribution in [0.1, 0.15) is 23.1 Å². The lowest BCUT2D eigenvalue weighted by atomic mass is 9.97. The van der Waals surface area contributed by atoms with Crippen molar-refractivity contribution in [3.05, 3.63) is 34.9 Å². The Morgan fingerprint density at radius 3 is 2.94 bits per heavy atom. The molecule has 0 saturated carbocycles. The fourth-order valence-electron chi connectivity index (χ4n) is 2.16. The number of hydrogen-bond donors (Lipinski definition) is 1. The van der Waals surface area contributed by atoms with E-state index < -0.39 is 0 Å². The third-order valence-corrected chi connectivity index (χ3v) is 3.28. The molecule has 0 unspecified atom stereocenters. The molecule has 0 atom stereocenters. The first-order valence-electron chi connectivity index (χ1n) is 6.18. The second kappa shape index (κ2) is 5.32. The Bertz CT molecular complexity index is 413. The van der Waals surface area contributed by atoms with Gasteiger partial charge in [-0.25, -0.2) is 0 Å². The summed E-state index contributed by atoms with van der Waals surface area (Å²) in [6, 6.07) is 6.60. The molecule has 1 amide bonds. The van der Waals surface area contributed by atoms with Gasteiger partial charge in [0.05, 0.1) is 0 Å². The van der Waals surface area contributed by atoms with Crippen LogP contribution in [-0.4, -0.2) is 31.4 Å². The van der Waals surface area contributed by atoms with E-state index >= 15 is 0 Å². The summed E-state index contributed by atoms with van der Waals surface area (Å²) in [6.07, 6.45) is 2.55. The predicted octanol–water partition coefficient (Wildman–Crippen LogP) is 1.35. The van der Waals surface area contributed by atoms with Gasteiger partial charge in [-0.2, -0.15) is 0 Å². The average molecular weight is 232 g/mol. The quantitative estimate of drug-likeness (QED) is 0.853. The van der Waals surface area contributed by atoms with Gasteiger partial charge in [0.25, 0.3) is 0 Å². The molecule has 1 aliphatic heterocycles. The predicted molar refractivity (Wildman–Crippen MR) is 68.9 cm³/mol. The van der Waals surface area contributed by atoms with Crippen molar-refractivity contribution in [2.75, 3.05) is 20.6 Å². The number of carbonyl (C=O) groups is 1. The Labute approximate surface area is 103 Å². The fourth-order valence-corrected chi connectivity index (χ4v) is 2.16. The van der Waals surface area contributed by atoms with Gasteiger partial charge in [0.2, 0.25) is 5.91 Å². The Kier molecular flexibility index (Phi) is 3.79. The maximum atomic E-state index is 11.5. The third kappa shape index (κ3) is 3.07. The van der Waals surface area contributed by atoms with E-state index in [9.17, 15) is 4.79 Å². The van der Waals surface area contributed by atoms with Crippen molar-refractivity contribution in [3.8, 4) is 0 Å². The first-order valence-corrected chi connectivity index (χ1v) is 6.18. The molecule has 0 aliphatic carbocycles. The zero-order valence-corrected chi connectivity index (χ0v) is 10.6. The van der Waals surface area contributed by atoms with Crippen LogP contribution >= 0.6 is 0 Å². The van der Waals surface area contributed by atoms with Crippen molar-refractivity contribution < 1.29 is 4.79 Å². The minimum Gasteiger partial charge on any atom is -0.349 e. The summed E-state index contributed by atoms with van der Waals surface area (Å²) in [5.74, 6) is 0.199. The Hall–Kier alpha value is -1.35. The van der Waals surface area contributed by atoms with E-state index in [-0.39, 0.29) is 5.91 Å². The van der Waals surface area contributed by atoms with Crippen LogP contribution in [0.4, 0.5) is 0 Å². The minimum absolute atomic E-state index is 0.199. The molecule has 3 nitrogen and oxygen atoms in total. The monoisotopic (exact) mass is 232 g/mol. The molecule has 1 aromatic carbocycles. The Morgan fingerprint density at radius 2 is 2.18 bits per heavy atom. The van der Waals surface area contributed by atoms with Crippen molar-refractivity contribution in [2.45, 2.75) is 25.8 Å². The zero-order valence-electron chi connectivity index (χ0n) is 10.6. The molecule has 92 valence electrons. The first-order chi connectivity index (χ1) is 8.16. The van der Waals surface area contributed by atoms with Crippen LogP contribution in [0.2, 0.25) is 0 Å². The lowest BCUT2D eigenvalue weighted by Gasteiger charge is -2.18. The molecule has 0 saturated heterocycles. The van der Waals surface area contributed by atoms with Crippen LogP contribution < -0.4 is 5.32 Å². The molecule has 0 bridgehead atoms. The minimum atomic E-state index is 0.199. The Balaban J connectivity index is 2.00. The van der Waals surface area contributed by atoms with Crippen LogP contribution in [0.25, 0.3) is 0 Å². The summed E-state index contributed by atoms with van der Waals surface area (Å²) in [4.78, 5) is 13.2. The number of nitrogens with zero attached hydrogens (tertiary/aromatic N) is 1. The van der Waals surface area contributed by atoms with Crippen molar-refractivity contribution >= 4 is 5.91 Å². The zero-order chi connectivity index (χ0) is 12.3. The van der Waals surface area contributed by atoms with E-state index in [1.54, 1.807) is 19.0 Å². The van der Waals surface area contributed by atoms with Crippen LogP contribution in [-0.2, 0) is 24.2 Å². The lowest BCUT2D eigenvalue weighted by molar-refractivity contribution is -0.128. The maximum Gasteiger partial charge on any atom is 0.222 e. The second-order valence-electron chi connectivity index (χ2n) is 4.82. The molecular weight excluding hydrogens is 212 g/mol. The van der Waals surface area contributed by atoms with Gasteiger partial charge in [-0.05, 0) is 36.1 Å². The van der Waals surface area contributed by atoms with E-state index in [1.165, 1.54) is 16.7 Å². The topological polar surface area (TPSA) is 32.3 Å². The third-order valence-electron chi connectivity index (χ3n) is 3.28. The fraction of sp³-hybridized carbons (Fsp3) is 0.500. The van der Waals surface area contributed by atoms with Crippen LogP contribution in [0.5, 0.6) is 0 Å². The number of rotatable bonds is 3. The highest BCUT2D eigenvalue weighted by Crippen LogP contribution is 2.17. The maximum absolute atomic E-state index is 11.5. The van der Waals surface area contributed by atoms with Crippen LogP contribution in [0.3, 0.4) is 0 Å². The largest absolute Gasteiger partial charge is 0.349 e. The number of nitrogens with one attached hydrogen (secondary N) is 1. The number of carbonyl (C=O) groups excluding carboxylic acids is 1. The molecule has 1 N–H and O–H groups in total. The van der Waals surface area contributed by atoms with Crippen molar-refractivity contribution in [1.82, 2.24) is 10.2 Å². The van der Waals surface area contributed by atoms with Gasteiger partial charge in [0.1, 0.15) is 0 Å². The average Bonchev–Trinajstić information content (AvgIpc) is 2.35. The molecule has 0 aromatic heterocycles. The number of benzene rings is 1. The highest BCUT2D eigenvalue weighted by Gasteiger charge is 2.10. The molecule has 0 spiro atoms. The van der Waals surface area contributed by atoms with Crippen molar-refractivity contribution in [2.24, 2.45) is 0 Å².